The quantitative estimate of drug-likeness (QED) is 0.141. The Labute approximate surface area is 261 Å². The third-order valence-corrected chi connectivity index (χ3v) is 10.7. The molecule has 0 aliphatic heterocycles. The van der Waals surface area contributed by atoms with Crippen molar-refractivity contribution in [3.05, 3.63) is 107 Å². The first-order valence-electron chi connectivity index (χ1n) is 16.3. The van der Waals surface area contributed by atoms with E-state index < -0.39 is 0 Å². The zero-order chi connectivity index (χ0) is 30.4. The van der Waals surface area contributed by atoms with E-state index in [9.17, 15) is 4.79 Å². The Hall–Kier alpha value is -3.95. The molecule has 3 nitrogen and oxygen atoms in total. The molecule has 0 spiro atoms. The summed E-state index contributed by atoms with van der Waals surface area (Å²) >= 11 is 0. The maximum atomic E-state index is 11.1. The fourth-order valence-corrected chi connectivity index (χ4v) is 7.89. The van der Waals surface area contributed by atoms with Gasteiger partial charge in [-0.1, -0.05) is 81.8 Å². The standard InChI is InChI=1S/C41H42O3/c1-5-25(2)35-13-6-26(3)36-14-11-31(22-38(35)36)27-7-9-29-21-34-19-28(8-10-30(34)20-33(29)18-27)32-12-15-37-39(23-32)40(43-4)16-17-41(37)44-24-42/h7-12,14-15,18-26,35,40-41H,5-6,13,16-17H2,1-4H3. The van der Waals surface area contributed by atoms with Gasteiger partial charge in [-0.25, -0.2) is 0 Å². The molecule has 0 radical (unpaired) electrons. The summed E-state index contributed by atoms with van der Waals surface area (Å²) < 4.78 is 11.2. The molecular weight excluding hydrogens is 540 g/mol. The fourth-order valence-electron chi connectivity index (χ4n) is 7.89. The van der Waals surface area contributed by atoms with Crippen LogP contribution in [0.2, 0.25) is 0 Å². The molecule has 224 valence electrons. The van der Waals surface area contributed by atoms with Crippen LogP contribution in [-0.2, 0) is 14.3 Å². The molecule has 3 heteroatoms. The smallest absolute Gasteiger partial charge is 0.293 e. The summed E-state index contributed by atoms with van der Waals surface area (Å²) in [5, 5.41) is 4.98. The van der Waals surface area contributed by atoms with Crippen LogP contribution in [0.1, 0.15) is 99.2 Å². The van der Waals surface area contributed by atoms with E-state index in [1.54, 1.807) is 18.2 Å². The lowest BCUT2D eigenvalue weighted by molar-refractivity contribution is -0.135. The van der Waals surface area contributed by atoms with E-state index in [1.807, 2.05) is 0 Å². The van der Waals surface area contributed by atoms with Crippen LogP contribution in [0.15, 0.2) is 84.9 Å². The molecule has 0 fully saturated rings. The van der Waals surface area contributed by atoms with Crippen molar-refractivity contribution in [2.24, 2.45) is 5.92 Å². The lowest BCUT2D eigenvalue weighted by Gasteiger charge is -2.33. The Bertz CT molecular complexity index is 1850. The molecule has 0 amide bonds. The second-order valence-electron chi connectivity index (χ2n) is 13.2. The van der Waals surface area contributed by atoms with E-state index in [4.69, 9.17) is 9.47 Å². The summed E-state index contributed by atoms with van der Waals surface area (Å²) in [7, 11) is 1.75. The number of carbonyl (C=O) groups excluding carboxylic acids is 1. The van der Waals surface area contributed by atoms with E-state index in [-0.39, 0.29) is 12.2 Å². The van der Waals surface area contributed by atoms with Gasteiger partial charge in [0.05, 0.1) is 6.10 Å². The van der Waals surface area contributed by atoms with Crippen molar-refractivity contribution in [1.29, 1.82) is 0 Å². The van der Waals surface area contributed by atoms with Gasteiger partial charge in [0.25, 0.3) is 6.47 Å². The largest absolute Gasteiger partial charge is 0.460 e. The van der Waals surface area contributed by atoms with Crippen LogP contribution < -0.4 is 0 Å². The molecule has 0 heterocycles. The van der Waals surface area contributed by atoms with E-state index in [0.29, 0.717) is 24.2 Å². The molecule has 0 saturated carbocycles. The number of benzene rings is 5. The molecule has 0 N–H and O–H groups in total. The Kier molecular flexibility index (Phi) is 7.76. The normalized spacial score (nSPS) is 21.9. The van der Waals surface area contributed by atoms with Gasteiger partial charge in [0.2, 0.25) is 0 Å². The van der Waals surface area contributed by atoms with Crippen LogP contribution in [0.4, 0.5) is 0 Å². The van der Waals surface area contributed by atoms with Gasteiger partial charge in [0.15, 0.2) is 0 Å². The summed E-state index contributed by atoms with van der Waals surface area (Å²) in [6, 6.07) is 32.0. The number of ether oxygens (including phenoxy) is 2. The first-order chi connectivity index (χ1) is 21.5. The minimum Gasteiger partial charge on any atom is -0.460 e. The van der Waals surface area contributed by atoms with Crippen molar-refractivity contribution in [1.82, 2.24) is 0 Å². The van der Waals surface area contributed by atoms with Crippen LogP contribution in [0, 0.1) is 5.92 Å². The number of hydrogen-bond donors (Lipinski definition) is 0. The van der Waals surface area contributed by atoms with Crippen LogP contribution in [0.5, 0.6) is 0 Å². The summed E-state index contributed by atoms with van der Waals surface area (Å²) in [4.78, 5) is 11.1. The highest BCUT2D eigenvalue weighted by molar-refractivity contribution is 6.01. The van der Waals surface area contributed by atoms with Gasteiger partial charge >= 0.3 is 0 Å². The molecule has 0 saturated heterocycles. The molecule has 5 aromatic carbocycles. The van der Waals surface area contributed by atoms with Crippen molar-refractivity contribution in [3.8, 4) is 22.3 Å². The zero-order valence-corrected chi connectivity index (χ0v) is 26.3. The van der Waals surface area contributed by atoms with Gasteiger partial charge in [-0.05, 0) is 140 Å². The SMILES string of the molecule is CCC(C)C1CCC(C)c2ccc(-c3ccc4cc5cc(-c6ccc7c(c6)C(OC)CCC7OC=O)ccc5cc4c3)cc21. The summed E-state index contributed by atoms with van der Waals surface area (Å²) in [6.45, 7) is 7.70. The van der Waals surface area contributed by atoms with Crippen LogP contribution in [-0.4, -0.2) is 13.6 Å². The Morgan fingerprint density at radius 1 is 0.659 bits per heavy atom. The fraction of sp³-hybridized carbons (Fsp3) is 0.341. The number of carbonyl (C=O) groups is 1. The second kappa shape index (κ2) is 11.9. The molecule has 2 aliphatic carbocycles. The Morgan fingerprint density at radius 3 is 1.84 bits per heavy atom. The molecule has 0 bridgehead atoms. The van der Waals surface area contributed by atoms with Gasteiger partial charge in [-0.3, -0.25) is 4.79 Å². The maximum Gasteiger partial charge on any atom is 0.293 e. The summed E-state index contributed by atoms with van der Waals surface area (Å²) in [5.74, 6) is 2.01. The summed E-state index contributed by atoms with van der Waals surface area (Å²) in [6.07, 6.45) is 5.23. The van der Waals surface area contributed by atoms with Gasteiger partial charge in [-0.15, -0.1) is 0 Å². The lowest BCUT2D eigenvalue weighted by atomic mass is 9.71. The first kappa shape index (κ1) is 28.8. The minimum atomic E-state index is -0.206. The van der Waals surface area contributed by atoms with Crippen molar-refractivity contribution in [3.63, 3.8) is 0 Å². The number of methoxy groups -OCH3 is 1. The molecule has 7 rings (SSSR count). The molecule has 44 heavy (non-hydrogen) atoms. The topological polar surface area (TPSA) is 35.5 Å². The monoisotopic (exact) mass is 582 g/mol. The van der Waals surface area contributed by atoms with Crippen LogP contribution in [0.25, 0.3) is 43.8 Å². The average Bonchev–Trinajstić information content (AvgIpc) is 3.06. The summed E-state index contributed by atoms with van der Waals surface area (Å²) in [5.41, 5.74) is 10.2. The van der Waals surface area contributed by atoms with E-state index >= 15 is 0 Å². The highest BCUT2D eigenvalue weighted by Gasteiger charge is 2.29. The number of rotatable bonds is 7. The van der Waals surface area contributed by atoms with Gasteiger partial charge in [0.1, 0.15) is 6.10 Å². The average molecular weight is 583 g/mol. The minimum absolute atomic E-state index is 0.00879. The maximum absolute atomic E-state index is 11.1. The van der Waals surface area contributed by atoms with Crippen molar-refractivity contribution < 1.29 is 14.3 Å². The Morgan fingerprint density at radius 2 is 1.23 bits per heavy atom. The van der Waals surface area contributed by atoms with Crippen molar-refractivity contribution in [2.75, 3.05) is 7.11 Å². The van der Waals surface area contributed by atoms with Crippen molar-refractivity contribution in [2.45, 2.75) is 76.9 Å². The lowest BCUT2D eigenvalue weighted by Crippen LogP contribution is -2.18. The first-order valence-corrected chi connectivity index (χ1v) is 16.3. The van der Waals surface area contributed by atoms with Crippen LogP contribution in [0.3, 0.4) is 0 Å². The molecule has 0 aromatic heterocycles. The highest BCUT2D eigenvalue weighted by Crippen LogP contribution is 2.45. The van der Waals surface area contributed by atoms with Crippen LogP contribution >= 0.6 is 0 Å². The highest BCUT2D eigenvalue weighted by atomic mass is 16.5. The predicted molar refractivity (Wildman–Crippen MR) is 181 cm³/mol. The third-order valence-electron chi connectivity index (χ3n) is 10.7. The second-order valence-corrected chi connectivity index (χ2v) is 13.2. The van der Waals surface area contributed by atoms with Crippen molar-refractivity contribution >= 4 is 28.0 Å². The molecule has 5 atom stereocenters. The molecular formula is C41H42O3. The zero-order valence-electron chi connectivity index (χ0n) is 26.3. The van der Waals surface area contributed by atoms with Gasteiger partial charge in [0, 0.05) is 7.11 Å². The predicted octanol–water partition coefficient (Wildman–Crippen LogP) is 11.0. The van der Waals surface area contributed by atoms with E-state index in [2.05, 4.69) is 106 Å². The van der Waals surface area contributed by atoms with Gasteiger partial charge in [-0.2, -0.15) is 0 Å². The number of hydrogen-bond acceptors (Lipinski definition) is 3. The molecule has 5 unspecified atom stereocenters. The number of fused-ring (bicyclic) bond motifs is 4. The molecule has 5 aromatic rings. The van der Waals surface area contributed by atoms with E-state index in [1.165, 1.54) is 57.5 Å². The molecule has 2 aliphatic rings. The third kappa shape index (κ3) is 5.12. The van der Waals surface area contributed by atoms with Gasteiger partial charge < -0.3 is 9.47 Å². The van der Waals surface area contributed by atoms with E-state index in [0.717, 1.165) is 29.5 Å². The Balaban J connectivity index is 1.23.